The van der Waals surface area contributed by atoms with Gasteiger partial charge >= 0.3 is 0 Å². The van der Waals surface area contributed by atoms with Gasteiger partial charge in [-0.1, -0.05) is 20.8 Å². The zero-order valence-electron chi connectivity index (χ0n) is 6.06. The van der Waals surface area contributed by atoms with Gasteiger partial charge < -0.3 is 0 Å². The Kier molecular flexibility index (Phi) is 2.49. The predicted octanol–water partition coefficient (Wildman–Crippen LogP) is 1.98. The maximum atomic E-state index is 10.5. The maximum absolute atomic E-state index is 10.5. The molecule has 1 amide bonds. The van der Waals surface area contributed by atoms with Crippen molar-refractivity contribution in [3.63, 3.8) is 0 Å². The van der Waals surface area contributed by atoms with Crippen LogP contribution in [0.4, 0.5) is 0 Å². The van der Waals surface area contributed by atoms with E-state index in [1.54, 1.807) is 0 Å². The quantitative estimate of drug-likeness (QED) is 0.539. The standard InChI is InChI=1S/C6H12N2O/c1-6(2,3)4-5(9)8-7/h7H,4H2,1-3H3. The fraction of sp³-hybridized carbons (Fsp3) is 0.833. The van der Waals surface area contributed by atoms with Crippen LogP contribution in [0.15, 0.2) is 5.11 Å². The molecule has 3 heteroatoms. The Labute approximate surface area is 55.0 Å². The Morgan fingerprint density at radius 3 is 2.11 bits per heavy atom. The first-order chi connectivity index (χ1) is 3.95. The summed E-state index contributed by atoms with van der Waals surface area (Å²) in [5, 5.41) is 2.78. The van der Waals surface area contributed by atoms with Gasteiger partial charge in [0.2, 0.25) is 0 Å². The minimum atomic E-state index is -0.345. The van der Waals surface area contributed by atoms with E-state index in [1.165, 1.54) is 0 Å². The molecule has 1 N–H and O–H groups in total. The molecule has 0 unspecified atom stereocenters. The summed E-state index contributed by atoms with van der Waals surface area (Å²) in [5.74, 6) is -0.345. The minimum absolute atomic E-state index is 0.0400. The van der Waals surface area contributed by atoms with E-state index in [0.29, 0.717) is 6.42 Å². The van der Waals surface area contributed by atoms with Crippen molar-refractivity contribution in [3.8, 4) is 0 Å². The molecule has 0 bridgehead atoms. The summed E-state index contributed by atoms with van der Waals surface area (Å²) >= 11 is 0. The second-order valence-corrected chi connectivity index (χ2v) is 3.24. The van der Waals surface area contributed by atoms with E-state index in [4.69, 9.17) is 5.53 Å². The molecule has 0 heterocycles. The average molecular weight is 128 g/mol. The Morgan fingerprint density at radius 2 is 2.00 bits per heavy atom. The summed E-state index contributed by atoms with van der Waals surface area (Å²) in [6.07, 6.45) is 0.358. The molecule has 0 aliphatic rings. The molecule has 3 nitrogen and oxygen atoms in total. The van der Waals surface area contributed by atoms with Crippen LogP contribution in [0.1, 0.15) is 27.2 Å². The second-order valence-electron chi connectivity index (χ2n) is 3.24. The number of hydrogen-bond donors (Lipinski definition) is 1. The summed E-state index contributed by atoms with van der Waals surface area (Å²) in [5.41, 5.74) is 6.32. The van der Waals surface area contributed by atoms with Crippen molar-refractivity contribution >= 4 is 5.91 Å². The highest BCUT2D eigenvalue weighted by Gasteiger charge is 2.14. The van der Waals surface area contributed by atoms with E-state index in [0.717, 1.165) is 0 Å². The molecule has 0 aromatic heterocycles. The molecule has 0 radical (unpaired) electrons. The van der Waals surface area contributed by atoms with E-state index in [9.17, 15) is 4.79 Å². The van der Waals surface area contributed by atoms with Crippen LogP contribution in [0.2, 0.25) is 0 Å². The molecule has 0 aromatic rings. The van der Waals surface area contributed by atoms with Crippen molar-refractivity contribution in [3.05, 3.63) is 0 Å². The van der Waals surface area contributed by atoms with Gasteiger partial charge in [-0.2, -0.15) is 0 Å². The van der Waals surface area contributed by atoms with Crippen molar-refractivity contribution in [2.24, 2.45) is 10.5 Å². The lowest BCUT2D eigenvalue weighted by molar-refractivity contribution is -0.120. The zero-order valence-corrected chi connectivity index (χ0v) is 6.06. The molecule has 0 fully saturated rings. The molecule has 0 rings (SSSR count). The average Bonchev–Trinajstić information content (AvgIpc) is 1.62. The molecule has 52 valence electrons. The van der Waals surface area contributed by atoms with Gasteiger partial charge in [0.1, 0.15) is 0 Å². The number of rotatable bonds is 1. The highest BCUT2D eigenvalue weighted by Crippen LogP contribution is 2.18. The van der Waals surface area contributed by atoms with Gasteiger partial charge in [-0.3, -0.25) is 4.79 Å². The highest BCUT2D eigenvalue weighted by molar-refractivity contribution is 5.76. The topological polar surface area (TPSA) is 53.3 Å². The monoisotopic (exact) mass is 128 g/mol. The first-order valence-corrected chi connectivity index (χ1v) is 2.86. The molecule has 9 heavy (non-hydrogen) atoms. The molecule has 0 saturated carbocycles. The lowest BCUT2D eigenvalue weighted by Crippen LogP contribution is -2.10. The third kappa shape index (κ3) is 5.14. The summed E-state index contributed by atoms with van der Waals surface area (Å²) in [4.78, 5) is 10.5. The van der Waals surface area contributed by atoms with Crippen molar-refractivity contribution in [1.29, 1.82) is 5.53 Å². The second kappa shape index (κ2) is 2.71. The highest BCUT2D eigenvalue weighted by atomic mass is 16.1. The van der Waals surface area contributed by atoms with E-state index < -0.39 is 0 Å². The fourth-order valence-corrected chi connectivity index (χ4v) is 0.493. The van der Waals surface area contributed by atoms with Crippen molar-refractivity contribution in [2.45, 2.75) is 27.2 Å². The van der Waals surface area contributed by atoms with Crippen molar-refractivity contribution < 1.29 is 4.79 Å². The van der Waals surface area contributed by atoms with Gasteiger partial charge in [-0.05, 0) is 5.41 Å². The molecule has 0 spiro atoms. The molecule has 0 saturated heterocycles. The Hall–Kier alpha value is -0.730. The first kappa shape index (κ1) is 8.27. The van der Waals surface area contributed by atoms with Crippen LogP contribution in [0.25, 0.3) is 0 Å². The van der Waals surface area contributed by atoms with Crippen LogP contribution in [0.3, 0.4) is 0 Å². The van der Waals surface area contributed by atoms with Crippen LogP contribution in [-0.2, 0) is 4.79 Å². The summed E-state index contributed by atoms with van der Waals surface area (Å²) in [6.45, 7) is 5.82. The minimum Gasteiger partial charge on any atom is -0.271 e. The SMILES string of the molecule is CC(C)(C)CC(=O)N=N. The third-order valence-electron chi connectivity index (χ3n) is 0.806. The van der Waals surface area contributed by atoms with E-state index in [-0.39, 0.29) is 11.3 Å². The summed E-state index contributed by atoms with van der Waals surface area (Å²) < 4.78 is 0. The van der Waals surface area contributed by atoms with Crippen LogP contribution in [0.5, 0.6) is 0 Å². The van der Waals surface area contributed by atoms with E-state index in [1.807, 2.05) is 20.8 Å². The summed E-state index contributed by atoms with van der Waals surface area (Å²) in [7, 11) is 0. The molecule has 0 aliphatic heterocycles. The van der Waals surface area contributed by atoms with Gasteiger partial charge in [-0.15, -0.1) is 5.11 Å². The number of amides is 1. The van der Waals surface area contributed by atoms with Gasteiger partial charge in [0.05, 0.1) is 0 Å². The Bertz CT molecular complexity index is 124. The van der Waals surface area contributed by atoms with E-state index in [2.05, 4.69) is 5.11 Å². The van der Waals surface area contributed by atoms with Crippen LogP contribution in [0, 0.1) is 10.9 Å². The smallest absolute Gasteiger partial charge is 0.264 e. The fourth-order valence-electron chi connectivity index (χ4n) is 0.493. The number of nitrogens with one attached hydrogen (secondary N) is 1. The normalized spacial score (nSPS) is 11.0. The lowest BCUT2D eigenvalue weighted by Gasteiger charge is -2.13. The lowest BCUT2D eigenvalue weighted by atomic mass is 9.92. The Morgan fingerprint density at radius 1 is 1.56 bits per heavy atom. The molecule has 0 atom stereocenters. The van der Waals surface area contributed by atoms with Gasteiger partial charge in [0, 0.05) is 6.42 Å². The number of carbonyl (C=O) groups excluding carboxylic acids is 1. The molecule has 0 aromatic carbocycles. The van der Waals surface area contributed by atoms with Crippen molar-refractivity contribution in [1.82, 2.24) is 0 Å². The van der Waals surface area contributed by atoms with Crippen molar-refractivity contribution in [2.75, 3.05) is 0 Å². The number of hydrogen-bond acceptors (Lipinski definition) is 2. The van der Waals surface area contributed by atoms with Gasteiger partial charge in [0.25, 0.3) is 5.91 Å². The first-order valence-electron chi connectivity index (χ1n) is 2.86. The largest absolute Gasteiger partial charge is 0.271 e. The number of carbonyl (C=O) groups is 1. The number of nitrogens with zero attached hydrogens (tertiary/aromatic N) is 1. The van der Waals surface area contributed by atoms with E-state index >= 15 is 0 Å². The molecular formula is C6H12N2O. The maximum Gasteiger partial charge on any atom is 0.264 e. The van der Waals surface area contributed by atoms with Crippen LogP contribution < -0.4 is 0 Å². The molecular weight excluding hydrogens is 116 g/mol. The Balaban J connectivity index is 3.74. The summed E-state index contributed by atoms with van der Waals surface area (Å²) in [6, 6.07) is 0. The van der Waals surface area contributed by atoms with Gasteiger partial charge in [-0.25, -0.2) is 5.53 Å². The molecule has 0 aliphatic carbocycles. The third-order valence-corrected chi connectivity index (χ3v) is 0.806. The zero-order chi connectivity index (χ0) is 7.49. The van der Waals surface area contributed by atoms with Crippen LogP contribution >= 0.6 is 0 Å². The van der Waals surface area contributed by atoms with Crippen LogP contribution in [-0.4, -0.2) is 5.91 Å². The predicted molar refractivity (Wildman–Crippen MR) is 34.2 cm³/mol. The van der Waals surface area contributed by atoms with Gasteiger partial charge in [0.15, 0.2) is 0 Å².